The topological polar surface area (TPSA) is 50.4 Å². The highest BCUT2D eigenvalue weighted by atomic mass is 16.5. The molecule has 0 radical (unpaired) electrons. The van der Waals surface area contributed by atoms with Gasteiger partial charge in [0.2, 0.25) is 5.91 Å². The molecule has 0 aromatic heterocycles. The van der Waals surface area contributed by atoms with E-state index >= 15 is 0 Å². The summed E-state index contributed by atoms with van der Waals surface area (Å²) < 4.78 is 5.09. The summed E-state index contributed by atoms with van der Waals surface area (Å²) in [5.41, 5.74) is 0. The van der Waals surface area contributed by atoms with Crippen molar-refractivity contribution in [2.75, 3.05) is 20.3 Å². The van der Waals surface area contributed by atoms with E-state index in [1.54, 1.807) is 7.11 Å². The van der Waals surface area contributed by atoms with E-state index in [1.807, 2.05) is 0 Å². The van der Waals surface area contributed by atoms with Crippen LogP contribution in [-0.2, 0) is 9.53 Å². The van der Waals surface area contributed by atoms with E-state index in [0.717, 1.165) is 12.3 Å². The van der Waals surface area contributed by atoms with Crippen molar-refractivity contribution in [2.45, 2.75) is 57.5 Å². The normalized spacial score (nSPS) is 32.4. The molecular formula is C15H28N2O2. The van der Waals surface area contributed by atoms with Gasteiger partial charge in [0.25, 0.3) is 0 Å². The average Bonchev–Trinajstić information content (AvgIpc) is 2.44. The van der Waals surface area contributed by atoms with E-state index in [2.05, 4.69) is 17.6 Å². The maximum Gasteiger partial charge on any atom is 0.237 e. The third-order valence-corrected chi connectivity index (χ3v) is 4.54. The van der Waals surface area contributed by atoms with Crippen LogP contribution in [0.1, 0.15) is 45.4 Å². The fourth-order valence-corrected chi connectivity index (χ4v) is 3.44. The van der Waals surface area contributed by atoms with Gasteiger partial charge in [-0.15, -0.1) is 0 Å². The van der Waals surface area contributed by atoms with Crippen LogP contribution in [0.2, 0.25) is 0 Å². The summed E-state index contributed by atoms with van der Waals surface area (Å²) in [4.78, 5) is 12.2. The second kappa shape index (κ2) is 7.25. The molecule has 2 rings (SSSR count). The van der Waals surface area contributed by atoms with Crippen LogP contribution in [0, 0.1) is 11.8 Å². The molecule has 1 amide bonds. The number of fused-ring (bicyclic) bond motifs is 1. The van der Waals surface area contributed by atoms with E-state index in [1.165, 1.54) is 32.1 Å². The molecule has 19 heavy (non-hydrogen) atoms. The smallest absolute Gasteiger partial charge is 0.237 e. The van der Waals surface area contributed by atoms with Crippen LogP contribution in [0.3, 0.4) is 0 Å². The van der Waals surface area contributed by atoms with Gasteiger partial charge < -0.3 is 15.4 Å². The molecule has 0 bridgehead atoms. The number of carbonyl (C=O) groups excluding carboxylic acids is 1. The lowest BCUT2D eigenvalue weighted by Gasteiger charge is -2.40. The molecule has 1 saturated heterocycles. The Hall–Kier alpha value is -0.610. The fraction of sp³-hybridized carbons (Fsp3) is 0.933. The van der Waals surface area contributed by atoms with Gasteiger partial charge in [0.05, 0.1) is 12.6 Å². The summed E-state index contributed by atoms with van der Waals surface area (Å²) in [5, 5.41) is 6.62. The summed E-state index contributed by atoms with van der Waals surface area (Å²) in [6.07, 6.45) is 7.47. The van der Waals surface area contributed by atoms with E-state index in [9.17, 15) is 4.79 Å². The Kier molecular flexibility index (Phi) is 5.64. The first-order valence-electron chi connectivity index (χ1n) is 7.73. The lowest BCUT2D eigenvalue weighted by atomic mass is 9.77. The van der Waals surface area contributed by atoms with Crippen molar-refractivity contribution in [3.63, 3.8) is 0 Å². The molecule has 0 spiro atoms. The van der Waals surface area contributed by atoms with Crippen molar-refractivity contribution in [2.24, 2.45) is 11.8 Å². The third-order valence-electron chi connectivity index (χ3n) is 4.54. The molecule has 110 valence electrons. The van der Waals surface area contributed by atoms with Crippen LogP contribution in [-0.4, -0.2) is 38.3 Å². The van der Waals surface area contributed by atoms with Crippen LogP contribution in [0.5, 0.6) is 0 Å². The van der Waals surface area contributed by atoms with Crippen molar-refractivity contribution in [3.05, 3.63) is 0 Å². The highest BCUT2D eigenvalue weighted by Crippen LogP contribution is 2.32. The van der Waals surface area contributed by atoms with Crippen molar-refractivity contribution in [1.29, 1.82) is 0 Å². The highest BCUT2D eigenvalue weighted by Gasteiger charge is 2.34. The molecule has 2 fully saturated rings. The molecular weight excluding hydrogens is 240 g/mol. The Morgan fingerprint density at radius 3 is 2.89 bits per heavy atom. The summed E-state index contributed by atoms with van der Waals surface area (Å²) >= 11 is 0. The highest BCUT2D eigenvalue weighted by molar-refractivity contribution is 5.81. The van der Waals surface area contributed by atoms with Gasteiger partial charge in [0.1, 0.15) is 0 Å². The average molecular weight is 268 g/mol. The molecule has 1 heterocycles. The molecule has 1 saturated carbocycles. The van der Waals surface area contributed by atoms with Crippen molar-refractivity contribution < 1.29 is 9.53 Å². The van der Waals surface area contributed by atoms with Gasteiger partial charge in [-0.2, -0.15) is 0 Å². The monoisotopic (exact) mass is 268 g/mol. The van der Waals surface area contributed by atoms with Crippen molar-refractivity contribution in [1.82, 2.24) is 10.6 Å². The predicted octanol–water partition coefficient (Wildman–Crippen LogP) is 1.70. The molecule has 1 aliphatic carbocycles. The zero-order valence-electron chi connectivity index (χ0n) is 12.3. The predicted molar refractivity (Wildman–Crippen MR) is 76.0 cm³/mol. The van der Waals surface area contributed by atoms with Crippen LogP contribution < -0.4 is 10.6 Å². The number of nitrogens with one attached hydrogen (secondary N) is 2. The minimum Gasteiger partial charge on any atom is -0.384 e. The van der Waals surface area contributed by atoms with E-state index in [-0.39, 0.29) is 11.9 Å². The Bertz CT molecular complexity index is 296. The number of hydrogen-bond donors (Lipinski definition) is 2. The lowest BCUT2D eigenvalue weighted by Crippen LogP contribution is -2.55. The Labute approximate surface area is 116 Å². The summed E-state index contributed by atoms with van der Waals surface area (Å²) in [5.74, 6) is 1.36. The second-order valence-electron chi connectivity index (χ2n) is 6.25. The minimum absolute atomic E-state index is 0.0223. The number of carbonyl (C=O) groups is 1. The molecule has 2 N–H and O–H groups in total. The van der Waals surface area contributed by atoms with Crippen LogP contribution in [0.4, 0.5) is 0 Å². The largest absolute Gasteiger partial charge is 0.384 e. The van der Waals surface area contributed by atoms with Crippen molar-refractivity contribution in [3.8, 4) is 0 Å². The summed E-state index contributed by atoms with van der Waals surface area (Å²) in [6, 6.07) is 0.601. The maximum atomic E-state index is 12.2. The molecule has 4 heteroatoms. The number of ether oxygens (including phenoxy) is 1. The molecule has 0 aromatic carbocycles. The fourth-order valence-electron chi connectivity index (χ4n) is 3.44. The minimum atomic E-state index is 0.0223. The zero-order chi connectivity index (χ0) is 13.7. The Balaban J connectivity index is 1.74. The third kappa shape index (κ3) is 4.18. The molecule has 0 aromatic rings. The summed E-state index contributed by atoms with van der Waals surface area (Å²) in [7, 11) is 1.70. The van der Waals surface area contributed by atoms with Crippen LogP contribution in [0.25, 0.3) is 0 Å². The first-order valence-corrected chi connectivity index (χ1v) is 7.73. The number of piperidine rings is 1. The molecule has 1 aliphatic heterocycles. The number of methoxy groups -OCH3 is 1. The summed E-state index contributed by atoms with van der Waals surface area (Å²) in [6.45, 7) is 3.50. The lowest BCUT2D eigenvalue weighted by molar-refractivity contribution is -0.124. The van der Waals surface area contributed by atoms with Gasteiger partial charge in [-0.1, -0.05) is 19.8 Å². The Morgan fingerprint density at radius 1 is 1.32 bits per heavy atom. The van der Waals surface area contributed by atoms with Gasteiger partial charge in [-0.25, -0.2) is 0 Å². The van der Waals surface area contributed by atoms with Crippen LogP contribution >= 0.6 is 0 Å². The molecule has 4 atom stereocenters. The van der Waals surface area contributed by atoms with Gasteiger partial charge in [0.15, 0.2) is 0 Å². The molecule has 2 aliphatic rings. The van der Waals surface area contributed by atoms with Gasteiger partial charge in [0, 0.05) is 19.7 Å². The maximum absolute atomic E-state index is 12.2. The van der Waals surface area contributed by atoms with Gasteiger partial charge in [-0.3, -0.25) is 4.79 Å². The van der Waals surface area contributed by atoms with Crippen LogP contribution in [0.15, 0.2) is 0 Å². The van der Waals surface area contributed by atoms with E-state index in [4.69, 9.17) is 4.74 Å². The first kappa shape index (κ1) is 14.8. The van der Waals surface area contributed by atoms with Crippen molar-refractivity contribution >= 4 is 5.91 Å². The molecule has 4 unspecified atom stereocenters. The second-order valence-corrected chi connectivity index (χ2v) is 6.25. The van der Waals surface area contributed by atoms with Gasteiger partial charge in [-0.05, 0) is 37.5 Å². The standard InChI is InChI=1S/C15H28N2O2/c1-11(10-19-2)9-16-15(18)14-8-7-12-5-3-4-6-13(12)17-14/h11-14,17H,3-10H2,1-2H3,(H,16,18). The molecule has 4 nitrogen and oxygen atoms in total. The number of rotatable bonds is 5. The SMILES string of the molecule is COCC(C)CNC(=O)C1CCC2CCCCC2N1. The van der Waals surface area contributed by atoms with E-state index in [0.29, 0.717) is 25.1 Å². The van der Waals surface area contributed by atoms with E-state index < -0.39 is 0 Å². The van der Waals surface area contributed by atoms with Gasteiger partial charge >= 0.3 is 0 Å². The number of hydrogen-bond acceptors (Lipinski definition) is 3. The number of amides is 1. The first-order chi connectivity index (χ1) is 9.20. The Morgan fingerprint density at radius 2 is 2.11 bits per heavy atom. The quantitative estimate of drug-likeness (QED) is 0.798. The zero-order valence-corrected chi connectivity index (χ0v) is 12.3.